The summed E-state index contributed by atoms with van der Waals surface area (Å²) in [6.07, 6.45) is 4.60. The maximum Gasteiger partial charge on any atom is 0.245 e. The van der Waals surface area contributed by atoms with E-state index in [1.807, 2.05) is 12.2 Å². The highest BCUT2D eigenvalue weighted by atomic mass is 32.2. The molecule has 0 amide bonds. The van der Waals surface area contributed by atoms with Crippen LogP contribution in [-0.4, -0.2) is 25.8 Å². The first-order valence-electron chi connectivity index (χ1n) is 5.12. The minimum atomic E-state index is -3.44. The summed E-state index contributed by atoms with van der Waals surface area (Å²) >= 11 is 0. The Morgan fingerprint density at radius 2 is 1.94 bits per heavy atom. The van der Waals surface area contributed by atoms with Gasteiger partial charge >= 0.3 is 0 Å². The molecule has 2 rings (SSSR count). The van der Waals surface area contributed by atoms with E-state index in [2.05, 4.69) is 0 Å². The fourth-order valence-electron chi connectivity index (χ4n) is 1.69. The van der Waals surface area contributed by atoms with Crippen molar-refractivity contribution >= 4 is 15.7 Å². The van der Waals surface area contributed by atoms with Gasteiger partial charge in [-0.1, -0.05) is 24.3 Å². The van der Waals surface area contributed by atoms with Crippen molar-refractivity contribution in [1.82, 2.24) is 4.31 Å². The van der Waals surface area contributed by atoms with Gasteiger partial charge < -0.3 is 5.73 Å². The van der Waals surface area contributed by atoms with Crippen LogP contribution in [0.25, 0.3) is 0 Å². The van der Waals surface area contributed by atoms with Crippen molar-refractivity contribution < 1.29 is 8.42 Å². The Morgan fingerprint density at radius 3 is 2.56 bits per heavy atom. The molecule has 0 radical (unpaired) electrons. The third-order valence-corrected chi connectivity index (χ3v) is 4.50. The summed E-state index contributed by atoms with van der Waals surface area (Å²) in [6, 6.07) is 6.56. The molecule has 86 valence electrons. The lowest BCUT2D eigenvalue weighted by Gasteiger charge is -2.23. The van der Waals surface area contributed by atoms with Gasteiger partial charge in [0.05, 0.1) is 5.69 Å². The zero-order valence-corrected chi connectivity index (χ0v) is 9.65. The van der Waals surface area contributed by atoms with E-state index in [9.17, 15) is 8.42 Å². The normalized spacial score (nSPS) is 17.5. The molecule has 0 spiro atoms. The van der Waals surface area contributed by atoms with Gasteiger partial charge in [0, 0.05) is 13.1 Å². The van der Waals surface area contributed by atoms with Gasteiger partial charge in [-0.15, -0.1) is 0 Å². The smallest absolute Gasteiger partial charge is 0.245 e. The molecule has 16 heavy (non-hydrogen) atoms. The maximum atomic E-state index is 12.2. The molecule has 1 heterocycles. The zero-order chi connectivity index (χ0) is 11.6. The zero-order valence-electron chi connectivity index (χ0n) is 8.83. The second kappa shape index (κ2) is 4.27. The largest absolute Gasteiger partial charge is 0.398 e. The van der Waals surface area contributed by atoms with Gasteiger partial charge in [0.25, 0.3) is 0 Å². The molecule has 1 aromatic rings. The number of sulfonamides is 1. The highest BCUT2D eigenvalue weighted by Crippen LogP contribution is 2.22. The van der Waals surface area contributed by atoms with E-state index < -0.39 is 10.0 Å². The van der Waals surface area contributed by atoms with E-state index in [0.717, 1.165) is 6.42 Å². The number of hydrogen-bond donors (Lipinski definition) is 1. The molecular formula is C11H14N2O2S. The number of anilines is 1. The Morgan fingerprint density at radius 1 is 1.19 bits per heavy atom. The second-order valence-corrected chi connectivity index (χ2v) is 5.57. The van der Waals surface area contributed by atoms with E-state index in [-0.39, 0.29) is 4.90 Å². The molecule has 2 N–H and O–H groups in total. The van der Waals surface area contributed by atoms with Crippen molar-refractivity contribution in [3.8, 4) is 0 Å². The van der Waals surface area contributed by atoms with Crippen LogP contribution in [0.1, 0.15) is 6.42 Å². The average Bonchev–Trinajstić information content (AvgIpc) is 2.30. The number of benzene rings is 1. The molecular weight excluding hydrogens is 224 g/mol. The molecule has 0 aliphatic carbocycles. The predicted molar refractivity (Wildman–Crippen MR) is 63.4 cm³/mol. The fraction of sp³-hybridized carbons (Fsp3) is 0.273. The van der Waals surface area contributed by atoms with Crippen LogP contribution in [-0.2, 0) is 10.0 Å². The Balaban J connectivity index is 2.39. The molecule has 0 saturated carbocycles. The van der Waals surface area contributed by atoms with Gasteiger partial charge in [-0.2, -0.15) is 4.31 Å². The van der Waals surface area contributed by atoms with Crippen LogP contribution in [0, 0.1) is 0 Å². The summed E-state index contributed by atoms with van der Waals surface area (Å²) < 4.78 is 25.9. The van der Waals surface area contributed by atoms with Gasteiger partial charge in [-0.25, -0.2) is 8.42 Å². The summed E-state index contributed by atoms with van der Waals surface area (Å²) in [4.78, 5) is 0.199. The van der Waals surface area contributed by atoms with Crippen molar-refractivity contribution in [2.24, 2.45) is 0 Å². The highest BCUT2D eigenvalue weighted by Gasteiger charge is 2.25. The van der Waals surface area contributed by atoms with E-state index in [1.54, 1.807) is 24.3 Å². The minimum absolute atomic E-state index is 0.199. The van der Waals surface area contributed by atoms with Crippen molar-refractivity contribution in [3.63, 3.8) is 0 Å². The molecule has 0 saturated heterocycles. The van der Waals surface area contributed by atoms with Crippen molar-refractivity contribution in [1.29, 1.82) is 0 Å². The number of hydrogen-bond acceptors (Lipinski definition) is 3. The van der Waals surface area contributed by atoms with Crippen molar-refractivity contribution in [3.05, 3.63) is 36.4 Å². The Labute approximate surface area is 95.4 Å². The monoisotopic (exact) mass is 238 g/mol. The summed E-state index contributed by atoms with van der Waals surface area (Å²) in [6.45, 7) is 0.948. The molecule has 1 aromatic carbocycles. The maximum absolute atomic E-state index is 12.2. The predicted octanol–water partition coefficient (Wildman–Crippen LogP) is 1.22. The van der Waals surface area contributed by atoms with Crippen LogP contribution in [0.15, 0.2) is 41.3 Å². The quantitative estimate of drug-likeness (QED) is 0.622. The van der Waals surface area contributed by atoms with Gasteiger partial charge in [0.1, 0.15) is 4.90 Å². The Hall–Kier alpha value is -1.33. The van der Waals surface area contributed by atoms with E-state index in [0.29, 0.717) is 18.8 Å². The third kappa shape index (κ3) is 1.96. The van der Waals surface area contributed by atoms with Crippen molar-refractivity contribution in [2.75, 3.05) is 18.8 Å². The van der Waals surface area contributed by atoms with Gasteiger partial charge in [0.2, 0.25) is 10.0 Å². The van der Waals surface area contributed by atoms with E-state index in [4.69, 9.17) is 5.73 Å². The van der Waals surface area contributed by atoms with Gasteiger partial charge in [-0.05, 0) is 18.6 Å². The number of rotatable bonds is 2. The Bertz CT molecular complexity index is 508. The molecule has 5 heteroatoms. The molecule has 0 atom stereocenters. The lowest BCUT2D eigenvalue weighted by atomic mass is 10.3. The van der Waals surface area contributed by atoms with Crippen LogP contribution in [0.2, 0.25) is 0 Å². The van der Waals surface area contributed by atoms with Crippen LogP contribution in [0.4, 0.5) is 5.69 Å². The first-order valence-corrected chi connectivity index (χ1v) is 6.56. The minimum Gasteiger partial charge on any atom is -0.398 e. The lowest BCUT2D eigenvalue weighted by molar-refractivity contribution is 0.438. The molecule has 4 nitrogen and oxygen atoms in total. The molecule has 0 bridgehead atoms. The van der Waals surface area contributed by atoms with Crippen LogP contribution >= 0.6 is 0 Å². The topological polar surface area (TPSA) is 63.4 Å². The summed E-state index contributed by atoms with van der Waals surface area (Å²) in [7, 11) is -3.44. The molecule has 0 aromatic heterocycles. The number of nitrogens with two attached hydrogens (primary N) is 1. The van der Waals surface area contributed by atoms with Crippen molar-refractivity contribution in [2.45, 2.75) is 11.3 Å². The summed E-state index contributed by atoms with van der Waals surface area (Å²) in [5.41, 5.74) is 5.99. The SMILES string of the molecule is Nc1ccccc1S(=O)(=O)N1CC=CCC1. The van der Waals surface area contributed by atoms with Crippen LogP contribution in [0.5, 0.6) is 0 Å². The fourth-order valence-corrected chi connectivity index (χ4v) is 3.22. The highest BCUT2D eigenvalue weighted by molar-refractivity contribution is 7.89. The summed E-state index contributed by atoms with van der Waals surface area (Å²) in [5, 5.41) is 0. The van der Waals surface area contributed by atoms with Gasteiger partial charge in [0.15, 0.2) is 0 Å². The van der Waals surface area contributed by atoms with Crippen LogP contribution in [0.3, 0.4) is 0 Å². The number of para-hydroxylation sites is 1. The molecule has 0 unspecified atom stereocenters. The molecule has 0 fully saturated rings. The summed E-state index contributed by atoms with van der Waals surface area (Å²) in [5.74, 6) is 0. The second-order valence-electron chi connectivity index (χ2n) is 3.66. The first-order chi connectivity index (χ1) is 7.62. The Kier molecular flexibility index (Phi) is 2.98. The average molecular weight is 238 g/mol. The van der Waals surface area contributed by atoms with E-state index >= 15 is 0 Å². The molecule has 1 aliphatic heterocycles. The molecule has 1 aliphatic rings. The lowest BCUT2D eigenvalue weighted by Crippen LogP contribution is -2.34. The third-order valence-electron chi connectivity index (χ3n) is 2.56. The number of nitrogen functional groups attached to an aromatic ring is 1. The standard InChI is InChI=1S/C11H14N2O2S/c12-10-6-2-3-7-11(10)16(14,15)13-8-4-1-5-9-13/h1-4,6-7H,5,8-9,12H2. The number of nitrogens with zero attached hydrogens (tertiary/aromatic N) is 1. The van der Waals surface area contributed by atoms with E-state index in [1.165, 1.54) is 4.31 Å². The van der Waals surface area contributed by atoms with Crippen LogP contribution < -0.4 is 5.73 Å². The first kappa shape index (κ1) is 11.2. The van der Waals surface area contributed by atoms with Gasteiger partial charge in [-0.3, -0.25) is 0 Å².